The second-order valence-corrected chi connectivity index (χ2v) is 5.47. The molecule has 1 heterocycles. The Balaban J connectivity index is 2.14. The van der Waals surface area contributed by atoms with Crippen LogP contribution in [0.1, 0.15) is 24.4 Å². The average molecular weight is 292 g/mol. The molecule has 2 nitrogen and oxygen atoms in total. The Kier molecular flexibility index (Phi) is 2.81. The minimum atomic E-state index is 0.304. The summed E-state index contributed by atoms with van der Waals surface area (Å²) in [5.41, 5.74) is 1.02. The quantitative estimate of drug-likeness (QED) is 0.839. The van der Waals surface area contributed by atoms with E-state index < -0.39 is 0 Å². The maximum Gasteiger partial charge on any atom is 0.120 e. The van der Waals surface area contributed by atoms with Gasteiger partial charge in [0, 0.05) is 16.1 Å². The molecule has 1 aliphatic heterocycles. The van der Waals surface area contributed by atoms with E-state index in [2.05, 4.69) is 33.4 Å². The van der Waals surface area contributed by atoms with E-state index in [1.807, 2.05) is 18.2 Å². The van der Waals surface area contributed by atoms with Gasteiger partial charge in [-0.15, -0.1) is 0 Å². The third kappa shape index (κ3) is 2.05. The molecule has 0 aromatic heterocycles. The van der Waals surface area contributed by atoms with Crippen LogP contribution in [0.4, 0.5) is 0 Å². The van der Waals surface area contributed by atoms with E-state index >= 15 is 0 Å². The maximum absolute atomic E-state index is 10.1. The predicted molar refractivity (Wildman–Crippen MR) is 73.3 cm³/mol. The summed E-state index contributed by atoms with van der Waals surface area (Å²) in [6.45, 7) is 1.04. The van der Waals surface area contributed by atoms with Crippen LogP contribution in [0.2, 0.25) is 0 Å². The monoisotopic (exact) mass is 291 g/mol. The molecule has 3 rings (SSSR count). The SMILES string of the molecule is Oc1cc2ccc(Br)cc2cc1C1CCCN1. The second kappa shape index (κ2) is 4.31. The van der Waals surface area contributed by atoms with E-state index in [0.29, 0.717) is 11.8 Å². The van der Waals surface area contributed by atoms with Gasteiger partial charge in [-0.2, -0.15) is 0 Å². The number of aromatic hydroxyl groups is 1. The van der Waals surface area contributed by atoms with E-state index in [1.54, 1.807) is 0 Å². The van der Waals surface area contributed by atoms with Gasteiger partial charge in [0.15, 0.2) is 0 Å². The molecule has 1 saturated heterocycles. The van der Waals surface area contributed by atoms with Gasteiger partial charge in [-0.05, 0) is 54.4 Å². The van der Waals surface area contributed by atoms with Crippen molar-refractivity contribution in [1.82, 2.24) is 5.32 Å². The number of hydrogen-bond acceptors (Lipinski definition) is 2. The number of phenols is 1. The molecule has 3 heteroatoms. The minimum absolute atomic E-state index is 0.304. The normalized spacial score (nSPS) is 19.9. The van der Waals surface area contributed by atoms with Crippen molar-refractivity contribution in [2.24, 2.45) is 0 Å². The molecule has 2 aromatic carbocycles. The van der Waals surface area contributed by atoms with Gasteiger partial charge in [0.1, 0.15) is 5.75 Å². The molecular weight excluding hydrogens is 278 g/mol. The van der Waals surface area contributed by atoms with Crippen LogP contribution < -0.4 is 5.32 Å². The first-order valence-corrected chi connectivity index (χ1v) is 6.69. The molecule has 0 amide bonds. The molecule has 17 heavy (non-hydrogen) atoms. The number of nitrogens with one attached hydrogen (secondary N) is 1. The summed E-state index contributed by atoms with van der Waals surface area (Å²) in [4.78, 5) is 0. The van der Waals surface area contributed by atoms with Crippen LogP contribution in [0, 0.1) is 0 Å². The van der Waals surface area contributed by atoms with Gasteiger partial charge in [0.25, 0.3) is 0 Å². The highest BCUT2D eigenvalue weighted by Crippen LogP contribution is 2.34. The van der Waals surface area contributed by atoms with Crippen LogP contribution in [-0.4, -0.2) is 11.7 Å². The number of benzene rings is 2. The summed E-state index contributed by atoms with van der Waals surface area (Å²) in [6.07, 6.45) is 2.29. The highest BCUT2D eigenvalue weighted by Gasteiger charge is 2.19. The van der Waals surface area contributed by atoms with Crippen molar-refractivity contribution < 1.29 is 5.11 Å². The average Bonchev–Trinajstić information content (AvgIpc) is 2.82. The molecule has 2 aromatic rings. The van der Waals surface area contributed by atoms with Crippen molar-refractivity contribution in [3.63, 3.8) is 0 Å². The second-order valence-electron chi connectivity index (χ2n) is 4.55. The molecule has 1 atom stereocenters. The zero-order valence-electron chi connectivity index (χ0n) is 9.41. The fourth-order valence-electron chi connectivity index (χ4n) is 2.50. The van der Waals surface area contributed by atoms with Gasteiger partial charge >= 0.3 is 0 Å². The molecule has 1 aliphatic rings. The van der Waals surface area contributed by atoms with Gasteiger partial charge in [-0.1, -0.05) is 22.0 Å². The van der Waals surface area contributed by atoms with Gasteiger partial charge in [-0.3, -0.25) is 0 Å². The van der Waals surface area contributed by atoms with Crippen molar-refractivity contribution in [1.29, 1.82) is 0 Å². The molecule has 0 radical (unpaired) electrons. The van der Waals surface area contributed by atoms with Gasteiger partial charge in [-0.25, -0.2) is 0 Å². The third-order valence-electron chi connectivity index (χ3n) is 3.38. The van der Waals surface area contributed by atoms with E-state index in [0.717, 1.165) is 28.4 Å². The summed E-state index contributed by atoms with van der Waals surface area (Å²) >= 11 is 3.48. The molecule has 0 aliphatic carbocycles. The van der Waals surface area contributed by atoms with Crippen molar-refractivity contribution in [2.45, 2.75) is 18.9 Å². The van der Waals surface area contributed by atoms with Crippen LogP contribution in [0.15, 0.2) is 34.8 Å². The summed E-state index contributed by atoms with van der Waals surface area (Å²) < 4.78 is 1.07. The summed E-state index contributed by atoms with van der Waals surface area (Å²) in [6, 6.07) is 10.4. The zero-order chi connectivity index (χ0) is 11.8. The van der Waals surface area contributed by atoms with Gasteiger partial charge < -0.3 is 10.4 Å². The van der Waals surface area contributed by atoms with E-state index in [1.165, 1.54) is 11.8 Å². The third-order valence-corrected chi connectivity index (χ3v) is 3.88. The van der Waals surface area contributed by atoms with Crippen LogP contribution in [0.5, 0.6) is 5.75 Å². The number of hydrogen-bond donors (Lipinski definition) is 2. The van der Waals surface area contributed by atoms with Crippen molar-refractivity contribution in [3.8, 4) is 5.75 Å². The van der Waals surface area contributed by atoms with Crippen molar-refractivity contribution >= 4 is 26.7 Å². The summed E-state index contributed by atoms with van der Waals surface area (Å²) in [5, 5.41) is 15.8. The van der Waals surface area contributed by atoms with Crippen molar-refractivity contribution in [2.75, 3.05) is 6.54 Å². The Morgan fingerprint density at radius 3 is 2.82 bits per heavy atom. The first kappa shape index (κ1) is 11.1. The molecule has 2 N–H and O–H groups in total. The Morgan fingerprint density at radius 2 is 2.06 bits per heavy atom. The summed E-state index contributed by atoms with van der Waals surface area (Å²) in [7, 11) is 0. The number of halogens is 1. The van der Waals surface area contributed by atoms with E-state index in [-0.39, 0.29) is 0 Å². The molecule has 1 fully saturated rings. The molecule has 88 valence electrons. The molecule has 0 saturated carbocycles. The number of rotatable bonds is 1. The Morgan fingerprint density at radius 1 is 1.18 bits per heavy atom. The molecule has 0 spiro atoms. The van der Waals surface area contributed by atoms with Gasteiger partial charge in [0.2, 0.25) is 0 Å². The topological polar surface area (TPSA) is 32.3 Å². The smallest absolute Gasteiger partial charge is 0.120 e. The van der Waals surface area contributed by atoms with Crippen molar-refractivity contribution in [3.05, 3.63) is 40.4 Å². The van der Waals surface area contributed by atoms with Crippen LogP contribution in [0.3, 0.4) is 0 Å². The lowest BCUT2D eigenvalue weighted by Crippen LogP contribution is -2.12. The first-order chi connectivity index (χ1) is 8.24. The predicted octanol–water partition coefficient (Wildman–Crippen LogP) is 3.73. The lowest BCUT2D eigenvalue weighted by Gasteiger charge is -2.14. The number of phenolic OH excluding ortho intramolecular Hbond substituents is 1. The standard InChI is InChI=1S/C14H14BrNO/c15-11-4-3-9-8-14(17)12(7-10(9)6-11)13-2-1-5-16-13/h3-4,6-8,13,16-17H,1-2,5H2. The van der Waals surface area contributed by atoms with E-state index in [9.17, 15) is 5.11 Å². The first-order valence-electron chi connectivity index (χ1n) is 5.89. The van der Waals surface area contributed by atoms with Crippen LogP contribution >= 0.6 is 15.9 Å². The Hall–Kier alpha value is -1.06. The zero-order valence-corrected chi connectivity index (χ0v) is 11.0. The fraction of sp³-hybridized carbons (Fsp3) is 0.286. The molecule has 0 bridgehead atoms. The maximum atomic E-state index is 10.1. The Bertz CT molecular complexity index is 561. The molecular formula is C14H14BrNO. The largest absolute Gasteiger partial charge is 0.508 e. The highest BCUT2D eigenvalue weighted by atomic mass is 79.9. The van der Waals surface area contributed by atoms with Gasteiger partial charge in [0.05, 0.1) is 0 Å². The Labute approximate surface area is 109 Å². The highest BCUT2D eigenvalue weighted by molar-refractivity contribution is 9.10. The van der Waals surface area contributed by atoms with E-state index in [4.69, 9.17) is 0 Å². The lowest BCUT2D eigenvalue weighted by atomic mass is 9.99. The van der Waals surface area contributed by atoms with Crippen LogP contribution in [0.25, 0.3) is 10.8 Å². The fourth-order valence-corrected chi connectivity index (χ4v) is 2.88. The lowest BCUT2D eigenvalue weighted by molar-refractivity contribution is 0.458. The van der Waals surface area contributed by atoms with Crippen LogP contribution in [-0.2, 0) is 0 Å². The minimum Gasteiger partial charge on any atom is -0.508 e. The summed E-state index contributed by atoms with van der Waals surface area (Å²) in [5.74, 6) is 0.402. The number of fused-ring (bicyclic) bond motifs is 1. The molecule has 1 unspecified atom stereocenters.